The third kappa shape index (κ3) is 19.9. The van der Waals surface area contributed by atoms with Crippen LogP contribution in [0.4, 0.5) is 26.3 Å². The summed E-state index contributed by atoms with van der Waals surface area (Å²) < 4.78 is 119. The predicted molar refractivity (Wildman–Crippen MR) is 184 cm³/mol. The number of rotatable bonds is 10. The van der Waals surface area contributed by atoms with E-state index in [0.717, 1.165) is 0 Å². The molecule has 0 aliphatic heterocycles. The molecule has 4 rings (SSSR count). The second-order valence-electron chi connectivity index (χ2n) is 13.9. The number of halogens is 8. The van der Waals surface area contributed by atoms with Gasteiger partial charge in [-0.3, -0.25) is 0 Å². The molecular weight excluding hydrogens is 960 g/mol. The molecule has 0 aromatic rings. The quantitative estimate of drug-likeness (QED) is 0.166. The van der Waals surface area contributed by atoms with E-state index in [1.54, 1.807) is 11.1 Å². The summed E-state index contributed by atoms with van der Waals surface area (Å²) in [5.41, 5.74) is -5.25. The van der Waals surface area contributed by atoms with Gasteiger partial charge in [0.15, 0.2) is 20.2 Å². The van der Waals surface area contributed by atoms with Crippen molar-refractivity contribution in [2.75, 3.05) is 0 Å². The monoisotopic (exact) mass is 1000 g/mol. The maximum atomic E-state index is 10.7. The van der Waals surface area contributed by atoms with Crippen molar-refractivity contribution in [1.29, 1.82) is 0 Å². The van der Waals surface area contributed by atoms with Crippen LogP contribution in [-0.4, -0.2) is 37.0 Å². The fourth-order valence-electron chi connectivity index (χ4n) is 5.81. The minimum absolute atomic E-state index is 0. The predicted octanol–water partition coefficient (Wildman–Crippen LogP) is 5.37. The Bertz CT molecular complexity index is 1610. The molecule has 0 radical (unpaired) electrons. The first-order valence-electron chi connectivity index (χ1n) is 16.6. The maximum Gasteiger partial charge on any atom is 0.485 e. The van der Waals surface area contributed by atoms with Crippen LogP contribution in [0.5, 0.6) is 0 Å². The molecule has 0 N–H and O–H groups in total. The molecule has 0 saturated heterocycles. The van der Waals surface area contributed by atoms with Gasteiger partial charge in [-0.1, -0.05) is 0 Å². The molecule has 0 fully saturated rings. The Balaban J connectivity index is 0. The van der Waals surface area contributed by atoms with E-state index in [2.05, 4.69) is 128 Å². The first-order chi connectivity index (χ1) is 23.4. The largest absolute Gasteiger partial charge is 1.00 e. The van der Waals surface area contributed by atoms with E-state index in [0.29, 0.717) is 12.5 Å². The zero-order chi connectivity index (χ0) is 40.5. The number of hydrogen-bond acceptors (Lipinski definition) is 6. The van der Waals surface area contributed by atoms with E-state index in [-0.39, 0.29) is 24.8 Å². The maximum absolute atomic E-state index is 10.7. The number of allylic oxidation sites excluding steroid dienone is 16. The van der Waals surface area contributed by atoms with Crippen LogP contribution in [0.15, 0.2) is 95.2 Å². The smallest absolute Gasteiger partial charge is 0.485 e. The van der Waals surface area contributed by atoms with Gasteiger partial charge in [-0.05, 0) is 0 Å². The van der Waals surface area contributed by atoms with Crippen LogP contribution in [0.2, 0.25) is 12.5 Å². The molecule has 0 amide bonds. The molecule has 4 aliphatic rings. The van der Waals surface area contributed by atoms with Crippen LogP contribution in [0.3, 0.4) is 0 Å². The Morgan fingerprint density at radius 3 is 1.00 bits per heavy atom. The normalized spacial score (nSPS) is 26.5. The number of hydrogen-bond donors (Lipinski definition) is 0. The molecular formula is C36H48Cl2F6O6S2Zr2. The summed E-state index contributed by atoms with van der Waals surface area (Å²) in [5.74, 6) is 0. The Morgan fingerprint density at radius 2 is 0.796 bits per heavy atom. The molecule has 4 unspecified atom stereocenters. The van der Waals surface area contributed by atoms with Gasteiger partial charge in [0, 0.05) is 0 Å². The van der Waals surface area contributed by atoms with Crippen LogP contribution in [0.25, 0.3) is 0 Å². The standard InChI is InChI=1S/2C10H15.2C7H9.2CHF3O3S.2ClH.2Zr/c2*1-3-4-5-10-7-6-9(2)8-10;2*1-6-3-4-7(2)5-6;2*2-1(3,4)8(5,6)7;;;;/h2*6-8H,3-5H2,1-2H3;2*3-5H,1-2H3;2*(H,5,6,7);2*1H;;/q;;;;;;;;2*+2/p-4. The summed E-state index contributed by atoms with van der Waals surface area (Å²) in [5, 5.41) is 0. The molecule has 0 heterocycles. The topological polar surface area (TPSA) is 114 Å². The summed E-state index contributed by atoms with van der Waals surface area (Å²) in [4.78, 5) is 0. The average Bonchev–Trinajstić information content (AvgIpc) is 3.71. The molecule has 0 spiro atoms. The van der Waals surface area contributed by atoms with Crippen LogP contribution in [0, 0.1) is 0 Å². The molecule has 304 valence electrons. The van der Waals surface area contributed by atoms with Crippen molar-refractivity contribution in [3.8, 4) is 0 Å². The van der Waals surface area contributed by atoms with E-state index < -0.39 is 77.7 Å². The van der Waals surface area contributed by atoms with Gasteiger partial charge in [-0.2, -0.15) is 26.3 Å². The summed E-state index contributed by atoms with van der Waals surface area (Å²) in [6, 6.07) is 0. The van der Waals surface area contributed by atoms with E-state index in [4.69, 9.17) is 25.9 Å². The van der Waals surface area contributed by atoms with Gasteiger partial charge in [-0.25, -0.2) is 16.8 Å². The van der Waals surface area contributed by atoms with Crippen LogP contribution in [0.1, 0.15) is 93.9 Å². The molecule has 6 nitrogen and oxygen atoms in total. The second kappa shape index (κ2) is 22.2. The van der Waals surface area contributed by atoms with Crippen LogP contribution in [-0.2, 0) is 66.7 Å². The zero-order valence-corrected chi connectivity index (χ0v) is 39.5. The first kappa shape index (κ1) is 55.8. The Labute approximate surface area is 353 Å². The Kier molecular flexibility index (Phi) is 22.9. The van der Waals surface area contributed by atoms with Crippen molar-refractivity contribution in [3.05, 3.63) is 95.2 Å². The summed E-state index contributed by atoms with van der Waals surface area (Å²) >= 11 is -1.12. The van der Waals surface area contributed by atoms with E-state index in [1.807, 2.05) is 0 Å². The Hall–Kier alpha value is -0.334. The van der Waals surface area contributed by atoms with Crippen molar-refractivity contribution in [1.82, 2.24) is 0 Å². The molecule has 0 saturated carbocycles. The van der Waals surface area contributed by atoms with Crippen molar-refractivity contribution >= 4 is 20.2 Å². The molecule has 54 heavy (non-hydrogen) atoms. The van der Waals surface area contributed by atoms with Crippen molar-refractivity contribution in [2.24, 2.45) is 0 Å². The van der Waals surface area contributed by atoms with Gasteiger partial charge in [0.1, 0.15) is 0 Å². The minimum atomic E-state index is -6.09. The molecule has 0 bridgehead atoms. The molecule has 4 aliphatic carbocycles. The number of alkyl halides is 6. The second-order valence-corrected chi connectivity index (χ2v) is 28.5. The average molecular weight is 1010 g/mol. The van der Waals surface area contributed by atoms with E-state index in [1.165, 1.54) is 49.7 Å². The van der Waals surface area contributed by atoms with Crippen molar-refractivity contribution in [3.63, 3.8) is 0 Å². The summed E-state index contributed by atoms with van der Waals surface area (Å²) in [6.07, 6.45) is 37.1. The van der Waals surface area contributed by atoms with Crippen molar-refractivity contribution < 1.29 is 124 Å². The van der Waals surface area contributed by atoms with Gasteiger partial charge in [0.05, 0.1) is 0 Å². The first-order valence-corrected chi connectivity index (χ1v) is 24.3. The Morgan fingerprint density at radius 1 is 0.556 bits per heavy atom. The molecule has 0 aromatic carbocycles. The van der Waals surface area contributed by atoms with Gasteiger partial charge in [0.2, 0.25) is 0 Å². The van der Waals surface area contributed by atoms with Gasteiger partial charge in [0.25, 0.3) is 0 Å². The SMILES string of the molecule is CC1=C[C](C)([Zr+2][C]2(C)C=CC(C)=C2)C=C1.CCCCC1=C[C](C)([Zr+2][C]2(C)C=CC(CCCC)=C2)C=C1.O=S(=O)([O-])C(F)(F)F.O=S(=O)([O-])C(F)(F)F.[Cl-].[Cl-]. The molecule has 0 aromatic heterocycles. The van der Waals surface area contributed by atoms with E-state index >= 15 is 0 Å². The van der Waals surface area contributed by atoms with Gasteiger partial charge in [-0.15, -0.1) is 0 Å². The van der Waals surface area contributed by atoms with Gasteiger partial charge >= 0.3 is 259 Å². The molecule has 18 heteroatoms. The summed E-state index contributed by atoms with van der Waals surface area (Å²) in [7, 11) is -12.2. The summed E-state index contributed by atoms with van der Waals surface area (Å²) in [6.45, 7) is 18.7. The fourth-order valence-corrected chi connectivity index (χ4v) is 15.9. The van der Waals surface area contributed by atoms with E-state index in [9.17, 15) is 26.3 Å². The minimum Gasteiger partial charge on any atom is -1.00 e. The van der Waals surface area contributed by atoms with Crippen molar-refractivity contribution in [2.45, 2.75) is 117 Å². The third-order valence-corrected chi connectivity index (χ3v) is 17.5. The third-order valence-electron chi connectivity index (χ3n) is 7.98. The van der Waals surface area contributed by atoms with Crippen LogP contribution < -0.4 is 24.8 Å². The van der Waals surface area contributed by atoms with Gasteiger partial charge < -0.3 is 33.9 Å². The molecule has 4 atom stereocenters. The number of unbranched alkanes of at least 4 members (excludes halogenated alkanes) is 2. The zero-order valence-electron chi connectivity index (χ0n) is 31.5. The fraction of sp³-hybridized carbons (Fsp3) is 0.556. The van der Waals surface area contributed by atoms with Crippen LogP contribution >= 0.6 is 0 Å².